The summed E-state index contributed by atoms with van der Waals surface area (Å²) in [5.41, 5.74) is 0.959. The molecular formula is C15H17N3O4. The van der Waals surface area contributed by atoms with Crippen molar-refractivity contribution in [1.82, 2.24) is 14.7 Å². The van der Waals surface area contributed by atoms with Gasteiger partial charge in [-0.15, -0.1) is 0 Å². The number of amides is 1. The molecule has 2 aromatic rings. The molecule has 7 heteroatoms. The van der Waals surface area contributed by atoms with E-state index >= 15 is 0 Å². The predicted molar refractivity (Wildman–Crippen MR) is 79.3 cm³/mol. The van der Waals surface area contributed by atoms with Crippen molar-refractivity contribution in [3.8, 4) is 11.4 Å². The number of benzene rings is 1. The van der Waals surface area contributed by atoms with Gasteiger partial charge in [0.15, 0.2) is 5.69 Å². The van der Waals surface area contributed by atoms with Gasteiger partial charge in [-0.25, -0.2) is 9.48 Å². The summed E-state index contributed by atoms with van der Waals surface area (Å²) in [6, 6.07) is 7.83. The van der Waals surface area contributed by atoms with Crippen molar-refractivity contribution >= 4 is 11.9 Å². The largest absolute Gasteiger partial charge is 0.497 e. The molecule has 1 unspecified atom stereocenters. The molecule has 0 aliphatic rings. The Bertz CT molecular complexity index is 678. The number of ether oxygens (including phenoxy) is 1. The fourth-order valence-corrected chi connectivity index (χ4v) is 1.84. The summed E-state index contributed by atoms with van der Waals surface area (Å²) in [5.74, 6) is -0.783. The number of methoxy groups -OCH3 is 1. The highest BCUT2D eigenvalue weighted by molar-refractivity contribution is 5.94. The lowest BCUT2D eigenvalue weighted by Crippen LogP contribution is -2.40. The molecule has 2 rings (SSSR count). The van der Waals surface area contributed by atoms with Crippen LogP contribution in [0.4, 0.5) is 0 Å². The minimum atomic E-state index is -1.06. The number of carbonyl (C=O) groups is 2. The normalized spacial score (nSPS) is 11.8. The maximum Gasteiger partial charge on any atom is 0.326 e. The van der Waals surface area contributed by atoms with E-state index in [1.54, 1.807) is 36.2 Å². The number of carbonyl (C=O) groups excluding carboxylic acids is 1. The van der Waals surface area contributed by atoms with Gasteiger partial charge in [0, 0.05) is 13.2 Å². The van der Waals surface area contributed by atoms with E-state index in [-0.39, 0.29) is 5.69 Å². The van der Waals surface area contributed by atoms with Crippen molar-refractivity contribution in [2.45, 2.75) is 13.0 Å². The van der Waals surface area contributed by atoms with E-state index in [2.05, 4.69) is 5.10 Å². The molecule has 0 saturated carbocycles. The van der Waals surface area contributed by atoms with Gasteiger partial charge in [0.25, 0.3) is 5.91 Å². The Hall–Kier alpha value is -2.83. The van der Waals surface area contributed by atoms with E-state index in [0.29, 0.717) is 0 Å². The van der Waals surface area contributed by atoms with Gasteiger partial charge in [0.05, 0.1) is 12.8 Å². The number of likely N-dealkylation sites (N-methyl/N-ethyl adjacent to an activating group) is 1. The Morgan fingerprint density at radius 1 is 1.27 bits per heavy atom. The van der Waals surface area contributed by atoms with Crippen LogP contribution in [0, 0.1) is 0 Å². The maximum atomic E-state index is 12.2. The third-order valence-corrected chi connectivity index (χ3v) is 3.40. The molecular weight excluding hydrogens is 286 g/mol. The highest BCUT2D eigenvalue weighted by Gasteiger charge is 2.24. The number of aliphatic carboxylic acids is 1. The van der Waals surface area contributed by atoms with Gasteiger partial charge in [0.1, 0.15) is 11.8 Å². The molecule has 1 amide bonds. The number of hydrogen-bond donors (Lipinski definition) is 1. The first-order valence-corrected chi connectivity index (χ1v) is 6.64. The lowest BCUT2D eigenvalue weighted by Gasteiger charge is -2.20. The summed E-state index contributed by atoms with van der Waals surface area (Å²) < 4.78 is 6.63. The zero-order valence-corrected chi connectivity index (χ0v) is 12.6. The van der Waals surface area contributed by atoms with Gasteiger partial charge < -0.3 is 14.7 Å². The molecule has 0 aliphatic carbocycles. The van der Waals surface area contributed by atoms with Gasteiger partial charge in [-0.05, 0) is 37.3 Å². The average Bonchev–Trinajstić information content (AvgIpc) is 3.02. The molecule has 0 spiro atoms. The number of aromatic nitrogens is 2. The Labute approximate surface area is 127 Å². The van der Waals surface area contributed by atoms with Crippen LogP contribution in [0.25, 0.3) is 5.69 Å². The topological polar surface area (TPSA) is 84.7 Å². The number of carboxylic acid groups (broad SMARTS) is 1. The number of nitrogens with zero attached hydrogens (tertiary/aromatic N) is 3. The summed E-state index contributed by atoms with van der Waals surface area (Å²) in [6.45, 7) is 1.45. The van der Waals surface area contributed by atoms with Crippen molar-refractivity contribution in [1.29, 1.82) is 0 Å². The molecule has 1 heterocycles. The molecule has 1 atom stereocenters. The summed E-state index contributed by atoms with van der Waals surface area (Å²) in [5, 5.41) is 13.1. The fourth-order valence-electron chi connectivity index (χ4n) is 1.84. The molecule has 22 heavy (non-hydrogen) atoms. The summed E-state index contributed by atoms with van der Waals surface area (Å²) >= 11 is 0. The van der Waals surface area contributed by atoms with Crippen LogP contribution in [0.15, 0.2) is 36.5 Å². The molecule has 1 N–H and O–H groups in total. The van der Waals surface area contributed by atoms with Gasteiger partial charge in [0.2, 0.25) is 0 Å². The SMILES string of the molecule is COc1ccc(-n2ccc(C(=O)N(C)C(C)C(=O)O)n2)cc1. The third-order valence-electron chi connectivity index (χ3n) is 3.40. The lowest BCUT2D eigenvalue weighted by molar-refractivity contribution is -0.141. The second kappa shape index (κ2) is 6.30. The molecule has 1 aromatic heterocycles. The van der Waals surface area contributed by atoms with Crippen LogP contribution in [0.5, 0.6) is 5.75 Å². The van der Waals surface area contributed by atoms with E-state index in [1.807, 2.05) is 12.1 Å². The van der Waals surface area contributed by atoms with Crippen molar-refractivity contribution in [2.24, 2.45) is 0 Å². The van der Waals surface area contributed by atoms with E-state index in [1.165, 1.54) is 14.0 Å². The lowest BCUT2D eigenvalue weighted by atomic mass is 10.2. The van der Waals surface area contributed by atoms with E-state index in [4.69, 9.17) is 9.84 Å². The Morgan fingerprint density at radius 3 is 2.45 bits per heavy atom. The quantitative estimate of drug-likeness (QED) is 0.903. The fraction of sp³-hybridized carbons (Fsp3) is 0.267. The van der Waals surface area contributed by atoms with Crippen molar-refractivity contribution in [2.75, 3.05) is 14.2 Å². The van der Waals surface area contributed by atoms with Gasteiger partial charge >= 0.3 is 5.97 Å². The van der Waals surface area contributed by atoms with E-state index < -0.39 is 17.9 Å². The van der Waals surface area contributed by atoms with Crippen LogP contribution in [-0.4, -0.2) is 51.9 Å². The molecule has 0 aliphatic heterocycles. The molecule has 116 valence electrons. The molecule has 1 aromatic carbocycles. The Morgan fingerprint density at radius 2 is 1.91 bits per heavy atom. The smallest absolute Gasteiger partial charge is 0.326 e. The van der Waals surface area contributed by atoms with Crippen LogP contribution < -0.4 is 4.74 Å². The van der Waals surface area contributed by atoms with Crippen molar-refractivity contribution in [3.63, 3.8) is 0 Å². The number of carboxylic acids is 1. The average molecular weight is 303 g/mol. The zero-order chi connectivity index (χ0) is 16.3. The van der Waals surface area contributed by atoms with Crippen LogP contribution in [0.3, 0.4) is 0 Å². The summed E-state index contributed by atoms with van der Waals surface area (Å²) in [6.07, 6.45) is 1.65. The molecule has 0 bridgehead atoms. The number of rotatable bonds is 5. The highest BCUT2D eigenvalue weighted by atomic mass is 16.5. The molecule has 0 radical (unpaired) electrons. The molecule has 0 fully saturated rings. The first-order chi connectivity index (χ1) is 10.4. The highest BCUT2D eigenvalue weighted by Crippen LogP contribution is 2.15. The monoisotopic (exact) mass is 303 g/mol. The van der Waals surface area contributed by atoms with Gasteiger partial charge in [-0.1, -0.05) is 0 Å². The first kappa shape index (κ1) is 15.6. The number of hydrogen-bond acceptors (Lipinski definition) is 4. The standard InChI is InChI=1S/C15H17N3O4/c1-10(15(20)21)17(2)14(19)13-8-9-18(16-13)11-4-6-12(22-3)7-5-11/h4-10H,1-3H3,(H,20,21). The Kier molecular flexibility index (Phi) is 4.45. The van der Waals surface area contributed by atoms with E-state index in [0.717, 1.165) is 16.3 Å². The second-order valence-electron chi connectivity index (χ2n) is 4.77. The second-order valence-corrected chi connectivity index (χ2v) is 4.77. The van der Waals surface area contributed by atoms with Crippen LogP contribution in [0.1, 0.15) is 17.4 Å². The van der Waals surface area contributed by atoms with Crippen LogP contribution >= 0.6 is 0 Å². The minimum absolute atomic E-state index is 0.186. The molecule has 0 saturated heterocycles. The van der Waals surface area contributed by atoms with E-state index in [9.17, 15) is 9.59 Å². The zero-order valence-electron chi connectivity index (χ0n) is 12.6. The molecule has 7 nitrogen and oxygen atoms in total. The minimum Gasteiger partial charge on any atom is -0.497 e. The van der Waals surface area contributed by atoms with Crippen LogP contribution in [-0.2, 0) is 4.79 Å². The van der Waals surface area contributed by atoms with Gasteiger partial charge in [-0.2, -0.15) is 5.10 Å². The van der Waals surface area contributed by atoms with Crippen LogP contribution in [0.2, 0.25) is 0 Å². The predicted octanol–water partition coefficient (Wildman–Crippen LogP) is 1.43. The first-order valence-electron chi connectivity index (χ1n) is 6.64. The summed E-state index contributed by atoms with van der Waals surface area (Å²) in [4.78, 5) is 24.3. The Balaban J connectivity index is 2.20. The van der Waals surface area contributed by atoms with Crippen molar-refractivity contribution < 1.29 is 19.4 Å². The third kappa shape index (κ3) is 3.08. The maximum absolute atomic E-state index is 12.2. The summed E-state index contributed by atoms with van der Waals surface area (Å²) in [7, 11) is 3.02. The van der Waals surface area contributed by atoms with Gasteiger partial charge in [-0.3, -0.25) is 4.79 Å². The van der Waals surface area contributed by atoms with Crippen molar-refractivity contribution in [3.05, 3.63) is 42.2 Å².